The van der Waals surface area contributed by atoms with E-state index in [2.05, 4.69) is 0 Å². The number of hydrogen-bond donors (Lipinski definition) is 1. The molecular weight excluding hydrogens is 185 g/mol. The minimum atomic E-state index is -0.224. The normalized spacial score (nSPS) is 9.18. The monoisotopic (exact) mass is 187 g/mol. The first kappa shape index (κ1) is 8.19. The van der Waals surface area contributed by atoms with Crippen molar-refractivity contribution in [2.75, 3.05) is 0 Å². The lowest BCUT2D eigenvalue weighted by Gasteiger charge is -1.98. The zero-order chi connectivity index (χ0) is 8.43. The number of hydrogen-bond acceptors (Lipinski definition) is 2. The number of phenolic OH excluding ortho intramolecular Hbond substituents is 1. The van der Waals surface area contributed by atoms with E-state index >= 15 is 0 Å². The molecule has 1 aromatic rings. The summed E-state index contributed by atoms with van der Waals surface area (Å²) < 4.78 is 0. The molecule has 2 nitrogen and oxygen atoms in total. The van der Waals surface area contributed by atoms with Crippen molar-refractivity contribution in [3.05, 3.63) is 27.7 Å². The van der Waals surface area contributed by atoms with Crippen molar-refractivity contribution >= 4 is 23.2 Å². The lowest BCUT2D eigenvalue weighted by molar-refractivity contribution is 0.474. The van der Waals surface area contributed by atoms with Gasteiger partial charge in [-0.15, -0.1) is 0 Å². The van der Waals surface area contributed by atoms with Crippen molar-refractivity contribution in [3.63, 3.8) is 0 Å². The maximum Gasteiger partial charge on any atom is 0.152 e. The number of phenols is 1. The number of aromatic hydroxyl groups is 1. The Morgan fingerprint density at radius 3 is 2.55 bits per heavy atom. The van der Waals surface area contributed by atoms with Crippen molar-refractivity contribution in [1.82, 2.24) is 0 Å². The number of halogens is 2. The van der Waals surface area contributed by atoms with Crippen LogP contribution in [0.15, 0.2) is 12.1 Å². The van der Waals surface area contributed by atoms with E-state index in [9.17, 15) is 0 Å². The van der Waals surface area contributed by atoms with Gasteiger partial charge >= 0.3 is 0 Å². The Labute approximate surface area is 73.6 Å². The summed E-state index contributed by atoms with van der Waals surface area (Å²) in [4.78, 5) is 0. The van der Waals surface area contributed by atoms with E-state index in [0.717, 1.165) is 0 Å². The topological polar surface area (TPSA) is 44.0 Å². The summed E-state index contributed by atoms with van der Waals surface area (Å²) in [7, 11) is 0. The fourth-order valence-electron chi connectivity index (χ4n) is 0.651. The van der Waals surface area contributed by atoms with Gasteiger partial charge in [0.05, 0.1) is 10.6 Å². The van der Waals surface area contributed by atoms with Gasteiger partial charge in [0.25, 0.3) is 0 Å². The van der Waals surface area contributed by atoms with Crippen LogP contribution in [0.3, 0.4) is 0 Å². The summed E-state index contributed by atoms with van der Waals surface area (Å²) in [6.07, 6.45) is 0. The molecule has 4 heteroatoms. The van der Waals surface area contributed by atoms with Crippen LogP contribution >= 0.6 is 23.2 Å². The summed E-state index contributed by atoms with van der Waals surface area (Å²) in [5.74, 6) is -0.224. The second-order valence-corrected chi connectivity index (χ2v) is 2.74. The van der Waals surface area contributed by atoms with Gasteiger partial charge in [0.1, 0.15) is 6.07 Å². The molecule has 0 fully saturated rings. The Bertz CT molecular complexity index is 330. The highest BCUT2D eigenvalue weighted by Crippen LogP contribution is 2.30. The number of benzene rings is 1. The molecule has 0 aliphatic rings. The first-order valence-electron chi connectivity index (χ1n) is 2.73. The minimum Gasteiger partial charge on any atom is -0.505 e. The highest BCUT2D eigenvalue weighted by molar-refractivity contribution is 6.35. The molecule has 1 N–H and O–H groups in total. The van der Waals surface area contributed by atoms with Crippen LogP contribution in [-0.2, 0) is 0 Å². The maximum absolute atomic E-state index is 9.11. The third-order valence-electron chi connectivity index (χ3n) is 1.15. The zero-order valence-corrected chi connectivity index (χ0v) is 6.82. The quantitative estimate of drug-likeness (QED) is 0.679. The summed E-state index contributed by atoms with van der Waals surface area (Å²) >= 11 is 11.1. The molecule has 11 heavy (non-hydrogen) atoms. The van der Waals surface area contributed by atoms with E-state index in [1.807, 2.05) is 0 Å². The Kier molecular flexibility index (Phi) is 2.23. The standard InChI is InChI=1S/C7H3Cl2NO/c8-5-1-4(3-10)7(11)6(9)2-5/h1-2,11H. The van der Waals surface area contributed by atoms with E-state index in [-0.39, 0.29) is 16.3 Å². The second kappa shape index (κ2) is 3.00. The van der Waals surface area contributed by atoms with Crippen LogP contribution in [0.25, 0.3) is 0 Å². The first-order chi connectivity index (χ1) is 5.15. The van der Waals surface area contributed by atoms with Crippen LogP contribution in [0.5, 0.6) is 5.75 Å². The molecule has 0 saturated heterocycles. The molecule has 0 heterocycles. The number of rotatable bonds is 0. The fraction of sp³-hybridized carbons (Fsp3) is 0. The van der Waals surface area contributed by atoms with Gasteiger partial charge in [-0.3, -0.25) is 0 Å². The SMILES string of the molecule is N#Cc1cc(Cl)cc(Cl)c1O. The number of nitrogens with zero attached hydrogens (tertiary/aromatic N) is 1. The van der Waals surface area contributed by atoms with Crippen molar-refractivity contribution < 1.29 is 5.11 Å². The molecule has 0 bridgehead atoms. The fourth-order valence-corrected chi connectivity index (χ4v) is 1.14. The number of nitriles is 1. The van der Waals surface area contributed by atoms with Crippen LogP contribution in [0.1, 0.15) is 5.56 Å². The van der Waals surface area contributed by atoms with Gasteiger partial charge in [0, 0.05) is 5.02 Å². The van der Waals surface area contributed by atoms with Crippen LogP contribution in [0.2, 0.25) is 10.0 Å². The molecular formula is C7H3Cl2NO. The Morgan fingerprint density at radius 2 is 2.00 bits per heavy atom. The van der Waals surface area contributed by atoms with Crippen LogP contribution in [0, 0.1) is 11.3 Å². The molecule has 0 saturated carbocycles. The van der Waals surface area contributed by atoms with E-state index in [4.69, 9.17) is 33.6 Å². The largest absolute Gasteiger partial charge is 0.505 e. The molecule has 0 unspecified atom stereocenters. The van der Waals surface area contributed by atoms with Crippen LogP contribution in [-0.4, -0.2) is 5.11 Å². The summed E-state index contributed by atoms with van der Waals surface area (Å²) in [6.45, 7) is 0. The summed E-state index contributed by atoms with van der Waals surface area (Å²) in [5.41, 5.74) is 0.0856. The molecule has 1 aromatic carbocycles. The van der Waals surface area contributed by atoms with E-state index in [1.165, 1.54) is 12.1 Å². The average Bonchev–Trinajstić information content (AvgIpc) is 1.96. The van der Waals surface area contributed by atoms with E-state index in [1.54, 1.807) is 6.07 Å². The van der Waals surface area contributed by atoms with Crippen molar-refractivity contribution in [2.45, 2.75) is 0 Å². The van der Waals surface area contributed by atoms with Crippen molar-refractivity contribution in [3.8, 4) is 11.8 Å². The maximum atomic E-state index is 9.11. The second-order valence-electron chi connectivity index (χ2n) is 1.90. The molecule has 1 rings (SSSR count). The third-order valence-corrected chi connectivity index (χ3v) is 1.65. The predicted octanol–water partition coefficient (Wildman–Crippen LogP) is 2.57. The third kappa shape index (κ3) is 1.56. The Balaban J connectivity index is 3.39. The lowest BCUT2D eigenvalue weighted by Crippen LogP contribution is -1.77. The summed E-state index contributed by atoms with van der Waals surface area (Å²) in [6, 6.07) is 4.48. The highest BCUT2D eigenvalue weighted by Gasteiger charge is 2.05. The van der Waals surface area contributed by atoms with Crippen LogP contribution in [0.4, 0.5) is 0 Å². The van der Waals surface area contributed by atoms with Gasteiger partial charge in [-0.25, -0.2) is 0 Å². The zero-order valence-electron chi connectivity index (χ0n) is 5.31. The highest BCUT2D eigenvalue weighted by atomic mass is 35.5. The van der Waals surface area contributed by atoms with E-state index in [0.29, 0.717) is 5.02 Å². The molecule has 56 valence electrons. The molecule has 0 aliphatic heterocycles. The predicted molar refractivity (Wildman–Crippen MR) is 42.8 cm³/mol. The van der Waals surface area contributed by atoms with Crippen LogP contribution < -0.4 is 0 Å². The summed E-state index contributed by atoms with van der Waals surface area (Å²) in [5, 5.41) is 18.0. The van der Waals surface area contributed by atoms with Gasteiger partial charge in [0.2, 0.25) is 0 Å². The van der Waals surface area contributed by atoms with Crippen molar-refractivity contribution in [2.24, 2.45) is 0 Å². The van der Waals surface area contributed by atoms with Gasteiger partial charge < -0.3 is 5.11 Å². The van der Waals surface area contributed by atoms with Gasteiger partial charge in [0.15, 0.2) is 5.75 Å². The molecule has 0 aromatic heterocycles. The Hall–Kier alpha value is -0.910. The molecule has 0 spiro atoms. The average molecular weight is 188 g/mol. The minimum absolute atomic E-state index is 0.0856. The van der Waals surface area contributed by atoms with Gasteiger partial charge in [-0.2, -0.15) is 5.26 Å². The Morgan fingerprint density at radius 1 is 1.36 bits per heavy atom. The van der Waals surface area contributed by atoms with E-state index < -0.39 is 0 Å². The molecule has 0 radical (unpaired) electrons. The smallest absolute Gasteiger partial charge is 0.152 e. The molecule has 0 aliphatic carbocycles. The van der Waals surface area contributed by atoms with Gasteiger partial charge in [-0.05, 0) is 12.1 Å². The molecule has 0 atom stereocenters. The first-order valence-corrected chi connectivity index (χ1v) is 3.49. The van der Waals surface area contributed by atoms with Gasteiger partial charge in [-0.1, -0.05) is 23.2 Å². The van der Waals surface area contributed by atoms with Crippen molar-refractivity contribution in [1.29, 1.82) is 5.26 Å². The molecule has 0 amide bonds. The lowest BCUT2D eigenvalue weighted by atomic mass is 10.2.